The molecule has 0 aliphatic carbocycles. The van der Waals surface area contributed by atoms with Crippen LogP contribution in [-0.2, 0) is 4.79 Å². The third-order valence-electron chi connectivity index (χ3n) is 2.35. The van der Waals surface area contributed by atoms with E-state index in [-0.39, 0.29) is 6.42 Å². The Labute approximate surface area is 113 Å². The van der Waals surface area contributed by atoms with Crippen LogP contribution in [0.3, 0.4) is 0 Å². The van der Waals surface area contributed by atoms with Crippen LogP contribution in [0.4, 0.5) is 0 Å². The molecule has 0 heterocycles. The number of aliphatic carboxylic acids is 1. The van der Waals surface area contributed by atoms with Crippen molar-refractivity contribution in [1.82, 2.24) is 0 Å². The molecule has 2 aromatic rings. The average Bonchev–Trinajstić information content (AvgIpc) is 2.40. The zero-order valence-corrected chi connectivity index (χ0v) is 10.9. The van der Waals surface area contributed by atoms with E-state index < -0.39 is 12.1 Å². The molecule has 1 atom stereocenters. The van der Waals surface area contributed by atoms with Gasteiger partial charge in [-0.05, 0) is 18.1 Å². The second kappa shape index (κ2) is 8.06. The predicted molar refractivity (Wildman–Crippen MR) is 75.8 cm³/mol. The molecule has 0 bridgehead atoms. The summed E-state index contributed by atoms with van der Waals surface area (Å²) >= 11 is 0. The standard InChI is InChI=1S/C12H10.C4H8O3/c1-3-7-11(8-4-1)12-9-5-2-6-10-12;1-3(5)2-4(6)7/h1-10H;3,5H,2H2,1H3,(H,6,7). The topological polar surface area (TPSA) is 57.5 Å². The fourth-order valence-electron chi connectivity index (χ4n) is 1.51. The van der Waals surface area contributed by atoms with Crippen molar-refractivity contribution in [2.45, 2.75) is 19.4 Å². The van der Waals surface area contributed by atoms with E-state index in [4.69, 9.17) is 10.2 Å². The minimum Gasteiger partial charge on any atom is -0.481 e. The first-order chi connectivity index (χ1) is 9.09. The monoisotopic (exact) mass is 258 g/mol. The molecule has 0 aromatic heterocycles. The van der Waals surface area contributed by atoms with Gasteiger partial charge in [0.2, 0.25) is 0 Å². The van der Waals surface area contributed by atoms with Crippen LogP contribution >= 0.6 is 0 Å². The van der Waals surface area contributed by atoms with Gasteiger partial charge in [-0.1, -0.05) is 60.7 Å². The SMILES string of the molecule is CC(O)CC(=O)O.c1ccc(-c2ccccc2)cc1. The highest BCUT2D eigenvalue weighted by Gasteiger charge is 2.00. The van der Waals surface area contributed by atoms with Crippen molar-refractivity contribution in [2.24, 2.45) is 0 Å². The highest BCUT2D eigenvalue weighted by atomic mass is 16.4. The second-order valence-corrected chi connectivity index (χ2v) is 4.18. The number of carboxylic acids is 1. The van der Waals surface area contributed by atoms with E-state index in [1.807, 2.05) is 12.1 Å². The number of rotatable bonds is 3. The Hall–Kier alpha value is -2.13. The number of aliphatic hydroxyl groups excluding tert-OH is 1. The molecule has 100 valence electrons. The van der Waals surface area contributed by atoms with Crippen molar-refractivity contribution in [3.8, 4) is 11.1 Å². The number of hydrogen-bond donors (Lipinski definition) is 2. The van der Waals surface area contributed by atoms with Gasteiger partial charge in [0.25, 0.3) is 0 Å². The van der Waals surface area contributed by atoms with Crippen molar-refractivity contribution in [2.75, 3.05) is 0 Å². The number of hydrogen-bond acceptors (Lipinski definition) is 2. The van der Waals surface area contributed by atoms with Gasteiger partial charge in [-0.2, -0.15) is 0 Å². The fourth-order valence-corrected chi connectivity index (χ4v) is 1.51. The van der Waals surface area contributed by atoms with Crippen molar-refractivity contribution in [3.05, 3.63) is 60.7 Å². The largest absolute Gasteiger partial charge is 0.481 e. The number of aliphatic hydroxyl groups is 1. The summed E-state index contributed by atoms with van der Waals surface area (Å²) in [6, 6.07) is 20.8. The molecule has 0 aliphatic heterocycles. The second-order valence-electron chi connectivity index (χ2n) is 4.18. The van der Waals surface area contributed by atoms with Crippen LogP contribution in [0.5, 0.6) is 0 Å². The third-order valence-corrected chi connectivity index (χ3v) is 2.35. The Bertz CT molecular complexity index is 440. The van der Waals surface area contributed by atoms with E-state index in [2.05, 4.69) is 48.5 Å². The van der Waals surface area contributed by atoms with Gasteiger partial charge >= 0.3 is 5.97 Å². The molecule has 3 nitrogen and oxygen atoms in total. The van der Waals surface area contributed by atoms with Crippen molar-refractivity contribution in [3.63, 3.8) is 0 Å². The van der Waals surface area contributed by atoms with Gasteiger partial charge in [0.05, 0.1) is 12.5 Å². The molecule has 0 fully saturated rings. The van der Waals surface area contributed by atoms with Gasteiger partial charge in [-0.15, -0.1) is 0 Å². The smallest absolute Gasteiger partial charge is 0.305 e. The van der Waals surface area contributed by atoms with E-state index in [9.17, 15) is 4.79 Å². The molecule has 3 heteroatoms. The van der Waals surface area contributed by atoms with Crippen LogP contribution in [0.15, 0.2) is 60.7 Å². The maximum absolute atomic E-state index is 9.65. The molecular formula is C16H18O3. The number of carboxylic acid groups (broad SMARTS) is 1. The van der Waals surface area contributed by atoms with Gasteiger partial charge < -0.3 is 10.2 Å². The molecule has 2 rings (SSSR count). The molecule has 0 aliphatic rings. The fraction of sp³-hybridized carbons (Fsp3) is 0.188. The molecular weight excluding hydrogens is 240 g/mol. The minimum absolute atomic E-state index is 0.167. The molecule has 0 spiro atoms. The molecule has 0 amide bonds. The summed E-state index contributed by atoms with van der Waals surface area (Å²) in [7, 11) is 0. The normalized spacial score (nSPS) is 11.1. The van der Waals surface area contributed by atoms with Crippen LogP contribution in [0.2, 0.25) is 0 Å². The molecule has 2 N–H and O–H groups in total. The molecule has 1 unspecified atom stereocenters. The Morgan fingerprint density at radius 1 is 0.947 bits per heavy atom. The van der Waals surface area contributed by atoms with Crippen molar-refractivity contribution >= 4 is 5.97 Å². The zero-order valence-electron chi connectivity index (χ0n) is 10.9. The lowest BCUT2D eigenvalue weighted by atomic mass is 10.1. The molecule has 0 saturated carbocycles. The van der Waals surface area contributed by atoms with E-state index in [0.29, 0.717) is 0 Å². The van der Waals surface area contributed by atoms with E-state index in [0.717, 1.165) is 0 Å². The van der Waals surface area contributed by atoms with Crippen LogP contribution in [0.1, 0.15) is 13.3 Å². The summed E-state index contributed by atoms with van der Waals surface area (Å²) < 4.78 is 0. The third kappa shape index (κ3) is 6.38. The van der Waals surface area contributed by atoms with Gasteiger partial charge in [-0.3, -0.25) is 4.79 Å². The zero-order chi connectivity index (χ0) is 14.1. The van der Waals surface area contributed by atoms with E-state index in [1.54, 1.807) is 0 Å². The molecule has 19 heavy (non-hydrogen) atoms. The lowest BCUT2D eigenvalue weighted by Crippen LogP contribution is -2.07. The van der Waals surface area contributed by atoms with E-state index in [1.165, 1.54) is 18.1 Å². The molecule has 0 saturated heterocycles. The minimum atomic E-state index is -0.963. The lowest BCUT2D eigenvalue weighted by molar-refractivity contribution is -0.138. The maximum atomic E-state index is 9.65. The van der Waals surface area contributed by atoms with Gasteiger partial charge in [0.15, 0.2) is 0 Å². The molecule has 0 radical (unpaired) electrons. The van der Waals surface area contributed by atoms with Crippen LogP contribution in [0, 0.1) is 0 Å². The first kappa shape index (κ1) is 14.9. The first-order valence-electron chi connectivity index (χ1n) is 6.10. The summed E-state index contributed by atoms with van der Waals surface area (Å²) in [5.41, 5.74) is 2.55. The Morgan fingerprint density at radius 2 is 1.32 bits per heavy atom. The lowest BCUT2D eigenvalue weighted by Gasteiger charge is -1.98. The molecule has 2 aromatic carbocycles. The quantitative estimate of drug-likeness (QED) is 0.888. The highest BCUT2D eigenvalue weighted by molar-refractivity contribution is 5.67. The van der Waals surface area contributed by atoms with Crippen molar-refractivity contribution < 1.29 is 15.0 Å². The van der Waals surface area contributed by atoms with Crippen molar-refractivity contribution in [1.29, 1.82) is 0 Å². The van der Waals surface area contributed by atoms with Gasteiger partial charge in [-0.25, -0.2) is 0 Å². The van der Waals surface area contributed by atoms with Gasteiger partial charge in [0.1, 0.15) is 0 Å². The summed E-state index contributed by atoms with van der Waals surface area (Å²) in [6.45, 7) is 1.44. The summed E-state index contributed by atoms with van der Waals surface area (Å²) in [4.78, 5) is 9.65. The van der Waals surface area contributed by atoms with E-state index >= 15 is 0 Å². The highest BCUT2D eigenvalue weighted by Crippen LogP contribution is 2.17. The van der Waals surface area contributed by atoms with Gasteiger partial charge in [0, 0.05) is 0 Å². The van der Waals surface area contributed by atoms with Crippen LogP contribution in [-0.4, -0.2) is 22.3 Å². The predicted octanol–water partition coefficient (Wildman–Crippen LogP) is 3.20. The summed E-state index contributed by atoms with van der Waals surface area (Å²) in [6.07, 6.45) is -0.891. The Balaban J connectivity index is 0.000000224. The van der Waals surface area contributed by atoms with Crippen LogP contribution < -0.4 is 0 Å². The maximum Gasteiger partial charge on any atom is 0.305 e. The number of benzene rings is 2. The Morgan fingerprint density at radius 3 is 1.53 bits per heavy atom. The first-order valence-corrected chi connectivity index (χ1v) is 6.10. The Kier molecular flexibility index (Phi) is 6.33. The number of carbonyl (C=O) groups is 1. The van der Waals surface area contributed by atoms with Crippen LogP contribution in [0.25, 0.3) is 11.1 Å². The summed E-state index contributed by atoms with van der Waals surface area (Å²) in [5, 5.41) is 16.3. The summed E-state index contributed by atoms with van der Waals surface area (Å²) in [5.74, 6) is -0.963. The average molecular weight is 258 g/mol.